The lowest BCUT2D eigenvalue weighted by atomic mass is 9.85. The van der Waals surface area contributed by atoms with E-state index in [1.54, 1.807) is 12.1 Å². The molecule has 0 bridgehead atoms. The normalized spacial score (nSPS) is 21.0. The number of piperidine rings is 1. The molecule has 1 atom stereocenters. The summed E-state index contributed by atoms with van der Waals surface area (Å²) < 4.78 is 13.3. The summed E-state index contributed by atoms with van der Waals surface area (Å²) in [6, 6.07) is 7.13. The molecule has 2 saturated heterocycles. The number of hydrogen-bond acceptors (Lipinski definition) is 3. The van der Waals surface area contributed by atoms with Gasteiger partial charge in [0.2, 0.25) is 5.91 Å². The highest BCUT2D eigenvalue weighted by atomic mass is 19.1. The number of carbonyl (C=O) groups is 1. The van der Waals surface area contributed by atoms with Gasteiger partial charge in [-0.1, -0.05) is 32.9 Å². The van der Waals surface area contributed by atoms with Gasteiger partial charge < -0.3 is 10.2 Å². The topological polar surface area (TPSA) is 35.6 Å². The van der Waals surface area contributed by atoms with E-state index in [2.05, 4.69) is 35.9 Å². The van der Waals surface area contributed by atoms with Crippen molar-refractivity contribution < 1.29 is 9.18 Å². The van der Waals surface area contributed by atoms with Gasteiger partial charge in [-0.25, -0.2) is 4.39 Å². The van der Waals surface area contributed by atoms with Crippen molar-refractivity contribution in [3.63, 3.8) is 0 Å². The Bertz CT molecular complexity index is 626. The van der Waals surface area contributed by atoms with E-state index in [0.29, 0.717) is 12.6 Å². The highest BCUT2D eigenvalue weighted by molar-refractivity contribution is 5.78. The highest BCUT2D eigenvalue weighted by Gasteiger charge is 2.28. The van der Waals surface area contributed by atoms with Gasteiger partial charge in [-0.05, 0) is 68.3 Å². The van der Waals surface area contributed by atoms with E-state index in [9.17, 15) is 9.18 Å². The maximum atomic E-state index is 13.3. The average Bonchev–Trinajstić information content (AvgIpc) is 3.16. The van der Waals surface area contributed by atoms with Crippen LogP contribution >= 0.6 is 0 Å². The summed E-state index contributed by atoms with van der Waals surface area (Å²) in [7, 11) is 0. The summed E-state index contributed by atoms with van der Waals surface area (Å²) in [5, 5.41) is 3.21. The third kappa shape index (κ3) is 6.28. The van der Waals surface area contributed by atoms with E-state index >= 15 is 0 Å². The molecule has 2 heterocycles. The standard InChI is InChI=1S/C23H36FN3O/c1-23(2,3)16-21(18-6-8-19(24)9-7-18)25-22(28)17-26-14-10-20(11-15-26)27-12-4-5-13-27/h6-9,20-21H,4-5,10-17H2,1-3H3,(H,25,28). The molecule has 1 N–H and O–H groups in total. The molecule has 1 amide bonds. The Hall–Kier alpha value is -1.46. The Kier molecular flexibility index (Phi) is 7.10. The summed E-state index contributed by atoms with van der Waals surface area (Å²) in [5.41, 5.74) is 1.04. The van der Waals surface area contributed by atoms with Crippen LogP contribution in [0.15, 0.2) is 24.3 Å². The first-order valence-electron chi connectivity index (χ1n) is 10.8. The van der Waals surface area contributed by atoms with Crippen molar-refractivity contribution in [2.24, 2.45) is 5.41 Å². The van der Waals surface area contributed by atoms with Gasteiger partial charge in [0, 0.05) is 19.1 Å². The SMILES string of the molecule is CC(C)(C)CC(NC(=O)CN1CCC(N2CCCC2)CC1)c1ccc(F)cc1. The zero-order chi connectivity index (χ0) is 20.1. The van der Waals surface area contributed by atoms with Gasteiger partial charge in [0.1, 0.15) is 5.82 Å². The van der Waals surface area contributed by atoms with Crippen LogP contribution in [-0.2, 0) is 4.79 Å². The van der Waals surface area contributed by atoms with Crippen LogP contribution in [0.5, 0.6) is 0 Å². The largest absolute Gasteiger partial charge is 0.348 e. The van der Waals surface area contributed by atoms with Gasteiger partial charge in [0.15, 0.2) is 0 Å². The Morgan fingerprint density at radius 3 is 2.29 bits per heavy atom. The average molecular weight is 390 g/mol. The lowest BCUT2D eigenvalue weighted by Gasteiger charge is -2.36. The zero-order valence-electron chi connectivity index (χ0n) is 17.7. The number of amides is 1. The summed E-state index contributed by atoms with van der Waals surface area (Å²) >= 11 is 0. The molecule has 0 aliphatic carbocycles. The van der Waals surface area contributed by atoms with Crippen molar-refractivity contribution in [1.82, 2.24) is 15.1 Å². The van der Waals surface area contributed by atoms with E-state index in [-0.39, 0.29) is 23.2 Å². The molecule has 2 aliphatic rings. The minimum atomic E-state index is -0.245. The van der Waals surface area contributed by atoms with Crippen molar-refractivity contribution >= 4 is 5.91 Å². The van der Waals surface area contributed by atoms with Crippen molar-refractivity contribution in [2.75, 3.05) is 32.7 Å². The molecule has 1 aromatic carbocycles. The number of likely N-dealkylation sites (tertiary alicyclic amines) is 2. The summed E-state index contributed by atoms with van der Waals surface area (Å²) in [6.07, 6.45) is 5.82. The van der Waals surface area contributed by atoms with E-state index in [1.807, 2.05) is 0 Å². The Morgan fingerprint density at radius 2 is 1.71 bits per heavy atom. The van der Waals surface area contributed by atoms with E-state index in [4.69, 9.17) is 0 Å². The molecule has 156 valence electrons. The van der Waals surface area contributed by atoms with Crippen LogP contribution < -0.4 is 5.32 Å². The van der Waals surface area contributed by atoms with Crippen LogP contribution in [0.1, 0.15) is 64.5 Å². The third-order valence-electron chi connectivity index (χ3n) is 6.01. The highest BCUT2D eigenvalue weighted by Crippen LogP contribution is 2.29. The lowest BCUT2D eigenvalue weighted by Crippen LogP contribution is -2.47. The molecule has 0 radical (unpaired) electrons. The minimum absolute atomic E-state index is 0.0678. The maximum Gasteiger partial charge on any atom is 0.234 e. The summed E-state index contributed by atoms with van der Waals surface area (Å²) in [6.45, 7) is 11.4. The molecular weight excluding hydrogens is 353 g/mol. The number of halogens is 1. The fourth-order valence-corrected chi connectivity index (χ4v) is 4.55. The number of hydrogen-bond donors (Lipinski definition) is 1. The molecule has 1 unspecified atom stereocenters. The smallest absolute Gasteiger partial charge is 0.234 e. The minimum Gasteiger partial charge on any atom is -0.348 e. The predicted molar refractivity (Wildman–Crippen MR) is 112 cm³/mol. The van der Waals surface area contributed by atoms with Crippen molar-refractivity contribution in [1.29, 1.82) is 0 Å². The molecule has 0 saturated carbocycles. The fourth-order valence-electron chi connectivity index (χ4n) is 4.55. The molecule has 0 aromatic heterocycles. The zero-order valence-corrected chi connectivity index (χ0v) is 17.7. The first kappa shape index (κ1) is 21.3. The molecular formula is C23H36FN3O. The van der Waals surface area contributed by atoms with Gasteiger partial charge in [0.05, 0.1) is 12.6 Å². The lowest BCUT2D eigenvalue weighted by molar-refractivity contribution is -0.123. The molecule has 3 rings (SSSR count). The number of rotatable bonds is 6. The molecule has 4 nitrogen and oxygen atoms in total. The second-order valence-corrected chi connectivity index (χ2v) is 9.69. The van der Waals surface area contributed by atoms with Gasteiger partial charge in [-0.2, -0.15) is 0 Å². The molecule has 0 spiro atoms. The molecule has 5 heteroatoms. The number of nitrogens with one attached hydrogen (secondary N) is 1. The van der Waals surface area contributed by atoms with Crippen LogP contribution in [0.25, 0.3) is 0 Å². The first-order valence-corrected chi connectivity index (χ1v) is 10.8. The van der Waals surface area contributed by atoms with Crippen LogP contribution in [0, 0.1) is 11.2 Å². The van der Waals surface area contributed by atoms with Crippen LogP contribution in [0.2, 0.25) is 0 Å². The molecule has 1 aromatic rings. The first-order chi connectivity index (χ1) is 13.3. The Balaban J connectivity index is 1.52. The van der Waals surface area contributed by atoms with Crippen LogP contribution in [-0.4, -0.2) is 54.5 Å². The molecule has 2 aliphatic heterocycles. The van der Waals surface area contributed by atoms with Gasteiger partial charge in [0.25, 0.3) is 0 Å². The fraction of sp³-hybridized carbons (Fsp3) is 0.696. The van der Waals surface area contributed by atoms with Crippen molar-refractivity contribution in [3.8, 4) is 0 Å². The Labute approximate surface area is 169 Å². The van der Waals surface area contributed by atoms with E-state index < -0.39 is 0 Å². The maximum absolute atomic E-state index is 13.3. The predicted octanol–water partition coefficient (Wildman–Crippen LogP) is 3.98. The molecule has 28 heavy (non-hydrogen) atoms. The van der Waals surface area contributed by atoms with Crippen molar-refractivity contribution in [2.45, 2.75) is 65.0 Å². The van der Waals surface area contributed by atoms with E-state index in [1.165, 1.54) is 38.1 Å². The quantitative estimate of drug-likeness (QED) is 0.799. The van der Waals surface area contributed by atoms with Gasteiger partial charge >= 0.3 is 0 Å². The van der Waals surface area contributed by atoms with Crippen LogP contribution in [0.3, 0.4) is 0 Å². The number of carbonyl (C=O) groups excluding carboxylic acids is 1. The second kappa shape index (κ2) is 9.36. The summed E-state index contributed by atoms with van der Waals surface area (Å²) in [5.74, 6) is -0.177. The van der Waals surface area contributed by atoms with Gasteiger partial charge in [-0.15, -0.1) is 0 Å². The Morgan fingerprint density at radius 1 is 1.11 bits per heavy atom. The molecule has 2 fully saturated rings. The van der Waals surface area contributed by atoms with Crippen LogP contribution in [0.4, 0.5) is 4.39 Å². The monoisotopic (exact) mass is 389 g/mol. The van der Waals surface area contributed by atoms with Gasteiger partial charge in [-0.3, -0.25) is 9.69 Å². The number of benzene rings is 1. The van der Waals surface area contributed by atoms with E-state index in [0.717, 1.165) is 37.9 Å². The van der Waals surface area contributed by atoms with Crippen molar-refractivity contribution in [3.05, 3.63) is 35.6 Å². The number of nitrogens with zero attached hydrogens (tertiary/aromatic N) is 2. The third-order valence-corrected chi connectivity index (χ3v) is 6.01. The second-order valence-electron chi connectivity index (χ2n) is 9.69. The summed E-state index contributed by atoms with van der Waals surface area (Å²) in [4.78, 5) is 17.7.